The highest BCUT2D eigenvalue weighted by molar-refractivity contribution is 5.81. The molecule has 1 aromatic rings. The molecule has 0 saturated carbocycles. The van der Waals surface area contributed by atoms with Gasteiger partial charge in [0.2, 0.25) is 0 Å². The van der Waals surface area contributed by atoms with Gasteiger partial charge in [-0.15, -0.1) is 0 Å². The summed E-state index contributed by atoms with van der Waals surface area (Å²) in [5.41, 5.74) is 0.436. The topological polar surface area (TPSA) is 61.8 Å². The van der Waals surface area contributed by atoms with Crippen LogP contribution in [0.3, 0.4) is 0 Å². The zero-order chi connectivity index (χ0) is 14.1. The van der Waals surface area contributed by atoms with E-state index in [1.165, 1.54) is 7.11 Å². The first-order chi connectivity index (χ1) is 9.22. The van der Waals surface area contributed by atoms with Crippen LogP contribution in [0.25, 0.3) is 0 Å². The van der Waals surface area contributed by atoms with Gasteiger partial charge >= 0.3 is 5.97 Å². The number of ether oxygens (including phenoxy) is 3. The van der Waals surface area contributed by atoms with Gasteiger partial charge in [-0.3, -0.25) is 9.59 Å². The molecule has 0 amide bonds. The van der Waals surface area contributed by atoms with Crippen LogP contribution >= 0.6 is 0 Å². The third-order valence-electron chi connectivity index (χ3n) is 2.43. The lowest BCUT2D eigenvalue weighted by molar-refractivity contribution is -0.143. The number of rotatable bonds is 8. The Hall–Kier alpha value is -2.04. The van der Waals surface area contributed by atoms with Crippen molar-refractivity contribution in [3.63, 3.8) is 0 Å². The molecule has 0 heterocycles. The Kier molecular flexibility index (Phi) is 6.43. The van der Waals surface area contributed by atoms with Gasteiger partial charge in [0.05, 0.1) is 25.9 Å². The molecule has 0 spiro atoms. The summed E-state index contributed by atoms with van der Waals surface area (Å²) in [4.78, 5) is 22.0. The van der Waals surface area contributed by atoms with E-state index in [4.69, 9.17) is 14.2 Å². The molecule has 0 bridgehead atoms. The Morgan fingerprint density at radius 1 is 1.37 bits per heavy atom. The van der Waals surface area contributed by atoms with Crippen LogP contribution < -0.4 is 9.47 Å². The number of carbonyl (C=O) groups excluding carboxylic acids is 2. The second kappa shape index (κ2) is 8.13. The van der Waals surface area contributed by atoms with Crippen molar-refractivity contribution >= 4 is 12.3 Å². The van der Waals surface area contributed by atoms with Crippen molar-refractivity contribution in [2.75, 3.05) is 20.3 Å². The van der Waals surface area contributed by atoms with Crippen molar-refractivity contribution in [1.82, 2.24) is 0 Å². The summed E-state index contributed by atoms with van der Waals surface area (Å²) in [7, 11) is 1.48. The molecule has 0 aliphatic heterocycles. The molecule has 1 aromatic carbocycles. The van der Waals surface area contributed by atoms with E-state index >= 15 is 0 Å². The van der Waals surface area contributed by atoms with Gasteiger partial charge in [-0.05, 0) is 25.5 Å². The molecule has 0 N–H and O–H groups in total. The lowest BCUT2D eigenvalue weighted by Crippen LogP contribution is -2.07. The van der Waals surface area contributed by atoms with Crippen LogP contribution in [0.2, 0.25) is 0 Å². The lowest BCUT2D eigenvalue weighted by Gasteiger charge is -2.11. The normalized spacial score (nSPS) is 9.79. The Balaban J connectivity index is 2.49. The zero-order valence-electron chi connectivity index (χ0n) is 11.2. The number of para-hydroxylation sites is 1. The number of hydrogen-bond donors (Lipinski definition) is 0. The summed E-state index contributed by atoms with van der Waals surface area (Å²) < 4.78 is 15.5. The van der Waals surface area contributed by atoms with Crippen molar-refractivity contribution in [3.8, 4) is 11.5 Å². The van der Waals surface area contributed by atoms with E-state index in [0.717, 1.165) is 0 Å². The van der Waals surface area contributed by atoms with E-state index in [2.05, 4.69) is 0 Å². The molecule has 104 valence electrons. The molecule has 0 saturated heterocycles. The Labute approximate surface area is 112 Å². The molecule has 0 atom stereocenters. The van der Waals surface area contributed by atoms with Crippen LogP contribution in [0, 0.1) is 0 Å². The Morgan fingerprint density at radius 3 is 2.79 bits per heavy atom. The Bertz CT molecular complexity index is 428. The third-order valence-corrected chi connectivity index (χ3v) is 2.43. The fourth-order valence-corrected chi connectivity index (χ4v) is 1.59. The minimum absolute atomic E-state index is 0.236. The van der Waals surface area contributed by atoms with Crippen LogP contribution in [0.1, 0.15) is 30.1 Å². The van der Waals surface area contributed by atoms with Crippen molar-refractivity contribution in [2.24, 2.45) is 0 Å². The maximum absolute atomic E-state index is 11.1. The van der Waals surface area contributed by atoms with E-state index in [0.29, 0.717) is 49.4 Å². The van der Waals surface area contributed by atoms with Crippen LogP contribution in [0.4, 0.5) is 0 Å². The summed E-state index contributed by atoms with van der Waals surface area (Å²) in [6.07, 6.45) is 1.57. The summed E-state index contributed by atoms with van der Waals surface area (Å²) in [5, 5.41) is 0. The van der Waals surface area contributed by atoms with Gasteiger partial charge in [0, 0.05) is 6.42 Å². The predicted molar refractivity (Wildman–Crippen MR) is 69.7 cm³/mol. The van der Waals surface area contributed by atoms with Crippen molar-refractivity contribution < 1.29 is 23.8 Å². The van der Waals surface area contributed by atoms with Crippen LogP contribution in [0.15, 0.2) is 18.2 Å². The monoisotopic (exact) mass is 266 g/mol. The number of aldehydes is 1. The standard InChI is InChI=1S/C14H18O5/c1-3-18-13(16)8-5-9-19-12-7-4-6-11(10-15)14(12)17-2/h4,6-7,10H,3,5,8-9H2,1-2H3. The molecule has 0 aliphatic rings. The minimum atomic E-state index is -0.236. The fourth-order valence-electron chi connectivity index (χ4n) is 1.59. The Morgan fingerprint density at radius 2 is 2.16 bits per heavy atom. The van der Waals surface area contributed by atoms with Gasteiger partial charge in [-0.2, -0.15) is 0 Å². The molecular formula is C14H18O5. The lowest BCUT2D eigenvalue weighted by atomic mass is 10.2. The van der Waals surface area contributed by atoms with Crippen molar-refractivity contribution in [3.05, 3.63) is 23.8 Å². The van der Waals surface area contributed by atoms with Crippen LogP contribution in [0.5, 0.6) is 11.5 Å². The van der Waals surface area contributed by atoms with Crippen molar-refractivity contribution in [1.29, 1.82) is 0 Å². The van der Waals surface area contributed by atoms with E-state index in [-0.39, 0.29) is 5.97 Å². The quantitative estimate of drug-likeness (QED) is 0.410. The molecule has 0 unspecified atom stereocenters. The number of methoxy groups -OCH3 is 1. The minimum Gasteiger partial charge on any atom is -0.492 e. The molecule has 5 heteroatoms. The van der Waals surface area contributed by atoms with E-state index in [1.807, 2.05) is 0 Å². The SMILES string of the molecule is CCOC(=O)CCCOc1cccc(C=O)c1OC. The van der Waals surface area contributed by atoms with Gasteiger partial charge in [0.25, 0.3) is 0 Å². The first-order valence-corrected chi connectivity index (χ1v) is 6.13. The smallest absolute Gasteiger partial charge is 0.305 e. The molecular weight excluding hydrogens is 248 g/mol. The summed E-state index contributed by atoms with van der Waals surface area (Å²) in [5.74, 6) is 0.671. The predicted octanol–water partition coefficient (Wildman–Crippen LogP) is 2.23. The second-order valence-corrected chi connectivity index (χ2v) is 3.75. The molecule has 5 nitrogen and oxygen atoms in total. The first-order valence-electron chi connectivity index (χ1n) is 6.13. The van der Waals surface area contributed by atoms with Crippen LogP contribution in [-0.4, -0.2) is 32.6 Å². The molecule has 1 rings (SSSR count). The zero-order valence-corrected chi connectivity index (χ0v) is 11.2. The summed E-state index contributed by atoms with van der Waals surface area (Å²) in [6, 6.07) is 5.08. The molecule has 0 aromatic heterocycles. The average molecular weight is 266 g/mol. The van der Waals surface area contributed by atoms with Gasteiger partial charge in [0.15, 0.2) is 17.8 Å². The van der Waals surface area contributed by atoms with Gasteiger partial charge < -0.3 is 14.2 Å². The summed E-state index contributed by atoms with van der Waals surface area (Å²) in [6.45, 7) is 2.51. The number of carbonyl (C=O) groups is 2. The second-order valence-electron chi connectivity index (χ2n) is 3.75. The van der Waals surface area contributed by atoms with Gasteiger partial charge in [-0.25, -0.2) is 0 Å². The maximum atomic E-state index is 11.1. The maximum Gasteiger partial charge on any atom is 0.305 e. The molecule has 19 heavy (non-hydrogen) atoms. The third kappa shape index (κ3) is 4.62. The largest absolute Gasteiger partial charge is 0.492 e. The first kappa shape index (κ1) is 15.0. The average Bonchev–Trinajstić information content (AvgIpc) is 2.43. The van der Waals surface area contributed by atoms with E-state index in [9.17, 15) is 9.59 Å². The molecule has 0 fully saturated rings. The highest BCUT2D eigenvalue weighted by Gasteiger charge is 2.09. The van der Waals surface area contributed by atoms with E-state index < -0.39 is 0 Å². The molecule has 0 aliphatic carbocycles. The number of hydrogen-bond acceptors (Lipinski definition) is 5. The van der Waals surface area contributed by atoms with Crippen molar-refractivity contribution in [2.45, 2.75) is 19.8 Å². The molecule has 0 radical (unpaired) electrons. The summed E-state index contributed by atoms with van der Waals surface area (Å²) >= 11 is 0. The van der Waals surface area contributed by atoms with E-state index in [1.54, 1.807) is 25.1 Å². The highest BCUT2D eigenvalue weighted by atomic mass is 16.5. The fraction of sp³-hybridized carbons (Fsp3) is 0.429. The van der Waals surface area contributed by atoms with Gasteiger partial charge in [0.1, 0.15) is 0 Å². The van der Waals surface area contributed by atoms with Crippen LogP contribution in [-0.2, 0) is 9.53 Å². The number of esters is 1. The van der Waals surface area contributed by atoms with Gasteiger partial charge in [-0.1, -0.05) is 6.07 Å². The highest BCUT2D eigenvalue weighted by Crippen LogP contribution is 2.29. The number of benzene rings is 1.